The van der Waals surface area contributed by atoms with Crippen LogP contribution in [0.3, 0.4) is 0 Å². The molecule has 0 aliphatic carbocycles. The van der Waals surface area contributed by atoms with E-state index in [2.05, 4.69) is 9.88 Å². The SMILES string of the molecule is O=S(=O)(c1cc(Cl)sc1Cl)N1CCSC12CCN(c1cnc3ccccc3n1)CC2. The van der Waals surface area contributed by atoms with E-state index in [0.29, 0.717) is 36.8 Å². The van der Waals surface area contributed by atoms with E-state index in [0.717, 1.165) is 33.9 Å². The van der Waals surface area contributed by atoms with Crippen LogP contribution in [0.2, 0.25) is 8.67 Å². The number of hydrogen-bond donors (Lipinski definition) is 0. The highest BCUT2D eigenvalue weighted by Gasteiger charge is 2.50. The molecule has 0 unspecified atom stereocenters. The minimum atomic E-state index is -3.71. The zero-order valence-corrected chi connectivity index (χ0v) is 19.8. The molecule has 30 heavy (non-hydrogen) atoms. The molecule has 0 atom stereocenters. The van der Waals surface area contributed by atoms with Crippen LogP contribution in [-0.4, -0.2) is 52.9 Å². The second kappa shape index (κ2) is 7.79. The first-order valence-electron chi connectivity index (χ1n) is 9.47. The van der Waals surface area contributed by atoms with E-state index in [-0.39, 0.29) is 9.23 Å². The zero-order valence-electron chi connectivity index (χ0n) is 15.8. The Morgan fingerprint density at radius 3 is 2.50 bits per heavy atom. The molecule has 3 aromatic rings. The molecular formula is C19H18Cl2N4O2S3. The molecule has 158 valence electrons. The first kappa shape index (κ1) is 20.8. The van der Waals surface area contributed by atoms with Gasteiger partial charge in [-0.1, -0.05) is 35.3 Å². The van der Waals surface area contributed by atoms with Gasteiger partial charge in [0, 0.05) is 25.4 Å². The summed E-state index contributed by atoms with van der Waals surface area (Å²) in [4.78, 5) is 11.1. The fraction of sp³-hybridized carbons (Fsp3) is 0.368. The smallest absolute Gasteiger partial charge is 0.246 e. The molecule has 5 rings (SSSR count). The quantitative estimate of drug-likeness (QED) is 0.517. The predicted molar refractivity (Wildman–Crippen MR) is 124 cm³/mol. The number of halogens is 2. The Kier molecular flexibility index (Phi) is 5.40. The Hall–Kier alpha value is -1.10. The third-order valence-electron chi connectivity index (χ3n) is 5.62. The number of hydrogen-bond acceptors (Lipinski definition) is 7. The number of nitrogens with zero attached hydrogens (tertiary/aromatic N) is 4. The lowest BCUT2D eigenvalue weighted by Crippen LogP contribution is -2.52. The molecule has 0 saturated carbocycles. The van der Waals surface area contributed by atoms with Crippen molar-refractivity contribution < 1.29 is 8.42 Å². The maximum Gasteiger partial charge on any atom is 0.246 e. The van der Waals surface area contributed by atoms with E-state index in [9.17, 15) is 8.42 Å². The van der Waals surface area contributed by atoms with Gasteiger partial charge in [0.15, 0.2) is 0 Å². The lowest BCUT2D eigenvalue weighted by molar-refractivity contribution is 0.266. The largest absolute Gasteiger partial charge is 0.355 e. The Morgan fingerprint density at radius 2 is 1.80 bits per heavy atom. The van der Waals surface area contributed by atoms with Gasteiger partial charge in [-0.25, -0.2) is 13.4 Å². The average Bonchev–Trinajstić information content (AvgIpc) is 3.31. The molecule has 0 amide bonds. The van der Waals surface area contributed by atoms with Gasteiger partial charge >= 0.3 is 0 Å². The molecule has 2 aliphatic heterocycles. The number of sulfonamides is 1. The Morgan fingerprint density at radius 1 is 1.07 bits per heavy atom. The number of thioether (sulfide) groups is 1. The highest BCUT2D eigenvalue weighted by atomic mass is 35.5. The van der Waals surface area contributed by atoms with Crippen LogP contribution in [0.1, 0.15) is 12.8 Å². The number of fused-ring (bicyclic) bond motifs is 1. The number of anilines is 1. The van der Waals surface area contributed by atoms with Crippen molar-refractivity contribution in [3.05, 3.63) is 45.2 Å². The van der Waals surface area contributed by atoms with Crippen LogP contribution in [0.25, 0.3) is 11.0 Å². The average molecular weight is 501 g/mol. The van der Waals surface area contributed by atoms with Crippen molar-refractivity contribution in [3.63, 3.8) is 0 Å². The minimum absolute atomic E-state index is 0.115. The van der Waals surface area contributed by atoms with Gasteiger partial charge in [0.2, 0.25) is 10.0 Å². The van der Waals surface area contributed by atoms with Gasteiger partial charge in [-0.3, -0.25) is 4.98 Å². The third kappa shape index (κ3) is 3.49. The molecule has 0 bridgehead atoms. The summed E-state index contributed by atoms with van der Waals surface area (Å²) in [6.07, 6.45) is 3.21. The first-order valence-corrected chi connectivity index (χ1v) is 13.5. The summed E-state index contributed by atoms with van der Waals surface area (Å²) in [5.74, 6) is 1.60. The normalized spacial score (nSPS) is 19.7. The topological polar surface area (TPSA) is 66.4 Å². The highest BCUT2D eigenvalue weighted by Crippen LogP contribution is 2.48. The van der Waals surface area contributed by atoms with Crippen molar-refractivity contribution in [2.45, 2.75) is 22.6 Å². The van der Waals surface area contributed by atoms with Crippen molar-refractivity contribution in [1.29, 1.82) is 0 Å². The van der Waals surface area contributed by atoms with Gasteiger partial charge in [-0.15, -0.1) is 23.1 Å². The molecule has 2 aromatic heterocycles. The van der Waals surface area contributed by atoms with Crippen molar-refractivity contribution in [2.24, 2.45) is 0 Å². The molecule has 4 heterocycles. The van der Waals surface area contributed by atoms with Crippen LogP contribution in [-0.2, 0) is 10.0 Å². The fourth-order valence-corrected chi connectivity index (χ4v) is 9.86. The summed E-state index contributed by atoms with van der Waals surface area (Å²) in [5, 5.41) is 0. The van der Waals surface area contributed by atoms with Crippen LogP contribution in [0.4, 0.5) is 5.82 Å². The summed E-state index contributed by atoms with van der Waals surface area (Å²) in [7, 11) is -3.71. The summed E-state index contributed by atoms with van der Waals surface area (Å²) in [5.41, 5.74) is 1.73. The Labute approximate surface area is 193 Å². The number of thiophene rings is 1. The van der Waals surface area contributed by atoms with Crippen molar-refractivity contribution in [2.75, 3.05) is 30.3 Å². The second-order valence-electron chi connectivity index (χ2n) is 7.26. The standard InChI is InChI=1S/C19H18Cl2N4O2S3/c20-16-11-15(18(21)29-16)30(26,27)25-9-10-28-19(25)5-7-24(8-6-19)17-12-22-13-3-1-2-4-14(13)23-17/h1-4,11-12H,5-10H2. The van der Waals surface area contributed by atoms with E-state index in [1.807, 2.05) is 24.3 Å². The molecule has 2 aliphatic rings. The van der Waals surface area contributed by atoms with E-state index in [4.69, 9.17) is 28.2 Å². The molecule has 11 heteroatoms. The Balaban J connectivity index is 1.39. The molecular weight excluding hydrogens is 483 g/mol. The summed E-state index contributed by atoms with van der Waals surface area (Å²) < 4.78 is 29.0. The molecule has 2 saturated heterocycles. The maximum absolute atomic E-state index is 13.4. The number of piperidine rings is 1. The predicted octanol–water partition coefficient (Wildman–Crippen LogP) is 4.73. The Bertz CT molecular complexity index is 1210. The molecule has 2 fully saturated rings. The highest BCUT2D eigenvalue weighted by molar-refractivity contribution is 8.02. The van der Waals surface area contributed by atoms with Gasteiger partial charge in [0.1, 0.15) is 15.0 Å². The lowest BCUT2D eigenvalue weighted by Gasteiger charge is -2.43. The third-order valence-corrected chi connectivity index (χ3v) is 11.0. The van der Waals surface area contributed by atoms with Crippen LogP contribution < -0.4 is 4.90 Å². The van der Waals surface area contributed by atoms with Crippen LogP contribution in [0.5, 0.6) is 0 Å². The van der Waals surface area contributed by atoms with Crippen LogP contribution >= 0.6 is 46.3 Å². The van der Waals surface area contributed by atoms with Crippen LogP contribution in [0, 0.1) is 0 Å². The summed E-state index contributed by atoms with van der Waals surface area (Å²) in [6.45, 7) is 1.90. The molecule has 0 radical (unpaired) electrons. The van der Waals surface area contributed by atoms with Gasteiger partial charge in [-0.05, 0) is 31.0 Å². The molecule has 0 N–H and O–H groups in total. The number of benzene rings is 1. The number of aromatic nitrogens is 2. The van der Waals surface area contributed by atoms with E-state index < -0.39 is 14.9 Å². The van der Waals surface area contributed by atoms with Crippen LogP contribution in [0.15, 0.2) is 41.4 Å². The van der Waals surface area contributed by atoms with Gasteiger partial charge in [0.05, 0.1) is 26.4 Å². The fourth-order valence-electron chi connectivity index (χ4n) is 4.13. The number of para-hydroxylation sites is 2. The monoisotopic (exact) mass is 500 g/mol. The number of rotatable bonds is 3. The zero-order chi connectivity index (χ0) is 20.9. The summed E-state index contributed by atoms with van der Waals surface area (Å²) in [6, 6.07) is 9.25. The van der Waals surface area contributed by atoms with Gasteiger partial charge in [-0.2, -0.15) is 4.31 Å². The second-order valence-corrected chi connectivity index (χ2v) is 12.8. The van der Waals surface area contributed by atoms with E-state index in [1.54, 1.807) is 22.3 Å². The van der Waals surface area contributed by atoms with Crippen molar-refractivity contribution in [1.82, 2.24) is 14.3 Å². The van der Waals surface area contributed by atoms with Gasteiger partial charge < -0.3 is 4.90 Å². The maximum atomic E-state index is 13.4. The molecule has 1 spiro atoms. The van der Waals surface area contributed by atoms with E-state index in [1.165, 1.54) is 6.07 Å². The van der Waals surface area contributed by atoms with Gasteiger partial charge in [0.25, 0.3) is 0 Å². The molecule has 1 aromatic carbocycles. The minimum Gasteiger partial charge on any atom is -0.355 e. The molecule has 6 nitrogen and oxygen atoms in total. The van der Waals surface area contributed by atoms with E-state index >= 15 is 0 Å². The lowest BCUT2D eigenvalue weighted by atomic mass is 10.0. The summed E-state index contributed by atoms with van der Waals surface area (Å²) >= 11 is 15.0. The van der Waals surface area contributed by atoms with Crippen molar-refractivity contribution in [3.8, 4) is 0 Å². The first-order chi connectivity index (χ1) is 14.4. The van der Waals surface area contributed by atoms with Crippen molar-refractivity contribution >= 4 is 73.2 Å².